The van der Waals surface area contributed by atoms with Crippen molar-refractivity contribution in [3.63, 3.8) is 0 Å². The smallest absolute Gasteiger partial charge is 0.224 e. The predicted octanol–water partition coefficient (Wildman–Crippen LogP) is 3.69. The fraction of sp³-hybridized carbons (Fsp3) is 0.364. The van der Waals surface area contributed by atoms with E-state index in [9.17, 15) is 4.79 Å². The molecule has 7 heteroatoms. The average Bonchev–Trinajstić information content (AvgIpc) is 3.41. The summed E-state index contributed by atoms with van der Waals surface area (Å²) in [5, 5.41) is 3.51. The number of amides is 1. The standard InChI is InChI=1S/C22H24N4O.2ClH/c27-21(10-11-25-15-24-19-8-4-5-9-20(19)25)26-14-17-12-23-13-18(17)22(26)16-6-2-1-3-7-16;;/h1-9,15,17-18,22-23H,10-14H2;2*1H/t17-,18-,22-;;/m0../s1. The van der Waals surface area contributed by atoms with Crippen molar-refractivity contribution in [1.82, 2.24) is 19.8 Å². The number of fused-ring (bicyclic) bond motifs is 2. The van der Waals surface area contributed by atoms with Crippen LogP contribution in [-0.2, 0) is 11.3 Å². The molecule has 1 amide bonds. The summed E-state index contributed by atoms with van der Waals surface area (Å²) in [5.41, 5.74) is 3.33. The normalized spacial score (nSPS) is 22.8. The lowest BCUT2D eigenvalue weighted by atomic mass is 9.89. The molecular formula is C22H26Cl2N4O. The van der Waals surface area contributed by atoms with Gasteiger partial charge >= 0.3 is 0 Å². The summed E-state index contributed by atoms with van der Waals surface area (Å²) in [5.74, 6) is 1.33. The lowest BCUT2D eigenvalue weighted by molar-refractivity contribution is -0.132. The Labute approximate surface area is 183 Å². The second-order valence-electron chi connectivity index (χ2n) is 7.66. The van der Waals surface area contributed by atoms with E-state index in [1.807, 2.05) is 30.6 Å². The first-order chi connectivity index (χ1) is 13.3. The number of carbonyl (C=O) groups is 1. The van der Waals surface area contributed by atoms with Crippen molar-refractivity contribution in [3.05, 3.63) is 66.5 Å². The molecule has 0 bridgehead atoms. The molecular weight excluding hydrogens is 407 g/mol. The van der Waals surface area contributed by atoms with Gasteiger partial charge in [-0.1, -0.05) is 42.5 Å². The molecule has 2 saturated heterocycles. The average molecular weight is 433 g/mol. The van der Waals surface area contributed by atoms with Gasteiger partial charge < -0.3 is 14.8 Å². The fourth-order valence-corrected chi connectivity index (χ4v) is 4.80. The number of likely N-dealkylation sites (tertiary alicyclic amines) is 1. The molecule has 5 rings (SSSR count). The zero-order valence-corrected chi connectivity index (χ0v) is 17.7. The first kappa shape index (κ1) is 21.6. The third-order valence-electron chi connectivity index (χ3n) is 6.12. The lowest BCUT2D eigenvalue weighted by Gasteiger charge is -2.28. The molecule has 5 nitrogen and oxygen atoms in total. The summed E-state index contributed by atoms with van der Waals surface area (Å²) in [4.78, 5) is 19.7. The van der Waals surface area contributed by atoms with Gasteiger partial charge in [-0.25, -0.2) is 4.98 Å². The molecule has 2 aliphatic heterocycles. The molecule has 2 aromatic carbocycles. The second-order valence-corrected chi connectivity index (χ2v) is 7.66. The van der Waals surface area contributed by atoms with E-state index in [0.29, 0.717) is 24.8 Å². The van der Waals surface area contributed by atoms with Crippen LogP contribution in [0.1, 0.15) is 18.0 Å². The molecule has 0 unspecified atom stereocenters. The van der Waals surface area contributed by atoms with Gasteiger partial charge in [-0.2, -0.15) is 0 Å². The van der Waals surface area contributed by atoms with Crippen molar-refractivity contribution >= 4 is 41.8 Å². The van der Waals surface area contributed by atoms with Crippen LogP contribution in [0.5, 0.6) is 0 Å². The minimum atomic E-state index is 0. The molecule has 2 aliphatic rings. The van der Waals surface area contributed by atoms with Gasteiger partial charge in [0.25, 0.3) is 0 Å². The molecule has 154 valence electrons. The van der Waals surface area contributed by atoms with Gasteiger partial charge in [0.1, 0.15) is 0 Å². The summed E-state index contributed by atoms with van der Waals surface area (Å²) in [6.45, 7) is 3.55. The monoisotopic (exact) mass is 432 g/mol. The van der Waals surface area contributed by atoms with Gasteiger partial charge in [-0.15, -0.1) is 24.8 Å². The number of carbonyl (C=O) groups excluding carboxylic acids is 1. The minimum Gasteiger partial charge on any atom is -0.335 e. The van der Waals surface area contributed by atoms with Crippen LogP contribution in [0.15, 0.2) is 60.9 Å². The van der Waals surface area contributed by atoms with Crippen LogP contribution in [0, 0.1) is 11.8 Å². The molecule has 3 aromatic rings. The lowest BCUT2D eigenvalue weighted by Crippen LogP contribution is -2.35. The van der Waals surface area contributed by atoms with E-state index < -0.39 is 0 Å². The van der Waals surface area contributed by atoms with Gasteiger partial charge in [-0.3, -0.25) is 4.79 Å². The number of aryl methyl sites for hydroxylation is 1. The molecule has 0 spiro atoms. The maximum atomic E-state index is 13.2. The van der Waals surface area contributed by atoms with Crippen LogP contribution in [0.2, 0.25) is 0 Å². The highest BCUT2D eigenvalue weighted by Gasteiger charge is 2.46. The summed E-state index contributed by atoms with van der Waals surface area (Å²) in [7, 11) is 0. The van der Waals surface area contributed by atoms with Gasteiger partial charge in [0.2, 0.25) is 5.91 Å². The van der Waals surface area contributed by atoms with E-state index in [1.165, 1.54) is 5.56 Å². The number of benzene rings is 2. The Morgan fingerprint density at radius 3 is 2.62 bits per heavy atom. The SMILES string of the molecule is Cl.Cl.O=C(CCn1cnc2ccccc21)N1C[C@@H]2CNC[C@@H]2[C@@H]1c1ccccc1. The van der Waals surface area contributed by atoms with Gasteiger partial charge in [0.15, 0.2) is 0 Å². The number of aromatic nitrogens is 2. The van der Waals surface area contributed by atoms with Gasteiger partial charge in [-0.05, 0) is 23.6 Å². The Balaban J connectivity index is 0.00000120. The van der Waals surface area contributed by atoms with Crippen molar-refractivity contribution in [2.24, 2.45) is 11.8 Å². The zero-order chi connectivity index (χ0) is 18.2. The topological polar surface area (TPSA) is 50.2 Å². The molecule has 29 heavy (non-hydrogen) atoms. The third-order valence-corrected chi connectivity index (χ3v) is 6.12. The second kappa shape index (κ2) is 9.16. The van der Waals surface area contributed by atoms with Gasteiger partial charge in [0.05, 0.1) is 23.4 Å². The van der Waals surface area contributed by atoms with Crippen LogP contribution in [0.3, 0.4) is 0 Å². The molecule has 1 aromatic heterocycles. The van der Waals surface area contributed by atoms with E-state index in [-0.39, 0.29) is 36.8 Å². The number of imidazole rings is 1. The van der Waals surface area contributed by atoms with E-state index in [4.69, 9.17) is 0 Å². The molecule has 2 fully saturated rings. The van der Waals surface area contributed by atoms with Crippen molar-refractivity contribution < 1.29 is 4.79 Å². The summed E-state index contributed by atoms with van der Waals surface area (Å²) in [6, 6.07) is 18.8. The van der Waals surface area contributed by atoms with Crippen LogP contribution in [0.25, 0.3) is 11.0 Å². The minimum absolute atomic E-state index is 0. The Morgan fingerprint density at radius 2 is 1.79 bits per heavy atom. The maximum Gasteiger partial charge on any atom is 0.224 e. The highest BCUT2D eigenvalue weighted by Crippen LogP contribution is 2.42. The largest absolute Gasteiger partial charge is 0.335 e. The van der Waals surface area contributed by atoms with Crippen LogP contribution >= 0.6 is 24.8 Å². The Morgan fingerprint density at radius 1 is 1.03 bits per heavy atom. The van der Waals surface area contributed by atoms with Crippen molar-refractivity contribution in [2.45, 2.75) is 19.0 Å². The number of hydrogen-bond donors (Lipinski definition) is 1. The van der Waals surface area contributed by atoms with E-state index in [1.54, 1.807) is 0 Å². The number of halogens is 2. The molecule has 0 aliphatic carbocycles. The summed E-state index contributed by atoms with van der Waals surface area (Å²) < 4.78 is 2.09. The zero-order valence-electron chi connectivity index (χ0n) is 16.1. The van der Waals surface area contributed by atoms with Crippen molar-refractivity contribution in [2.75, 3.05) is 19.6 Å². The summed E-state index contributed by atoms with van der Waals surface area (Å²) >= 11 is 0. The summed E-state index contributed by atoms with van der Waals surface area (Å²) in [6.07, 6.45) is 2.35. The number of rotatable bonds is 4. The fourth-order valence-electron chi connectivity index (χ4n) is 4.80. The van der Waals surface area contributed by atoms with E-state index in [0.717, 1.165) is 30.7 Å². The van der Waals surface area contributed by atoms with Crippen molar-refractivity contribution in [1.29, 1.82) is 0 Å². The van der Waals surface area contributed by atoms with Crippen LogP contribution in [0.4, 0.5) is 0 Å². The number of hydrogen-bond acceptors (Lipinski definition) is 3. The Kier molecular flexibility index (Phi) is 6.83. The third kappa shape index (κ3) is 4.00. The van der Waals surface area contributed by atoms with Gasteiger partial charge in [0, 0.05) is 38.5 Å². The Bertz CT molecular complexity index is 962. The quantitative estimate of drug-likeness (QED) is 0.683. The molecule has 3 heterocycles. The first-order valence-electron chi connectivity index (χ1n) is 9.76. The maximum absolute atomic E-state index is 13.2. The molecule has 0 radical (unpaired) electrons. The number of nitrogens with one attached hydrogen (secondary N) is 1. The predicted molar refractivity (Wildman–Crippen MR) is 120 cm³/mol. The molecule has 0 saturated carbocycles. The molecule has 3 atom stereocenters. The molecule has 1 N–H and O–H groups in total. The first-order valence-corrected chi connectivity index (χ1v) is 9.76. The van der Waals surface area contributed by atoms with Crippen LogP contribution in [-0.4, -0.2) is 40.0 Å². The van der Waals surface area contributed by atoms with Crippen LogP contribution < -0.4 is 5.32 Å². The van der Waals surface area contributed by atoms with E-state index >= 15 is 0 Å². The highest BCUT2D eigenvalue weighted by molar-refractivity contribution is 5.85. The Hall–Kier alpha value is -2.08. The van der Waals surface area contributed by atoms with Crippen molar-refractivity contribution in [3.8, 4) is 0 Å². The highest BCUT2D eigenvalue weighted by atomic mass is 35.5. The van der Waals surface area contributed by atoms with E-state index in [2.05, 4.69) is 50.1 Å². The number of nitrogens with zero attached hydrogens (tertiary/aromatic N) is 3. The number of para-hydroxylation sites is 2.